The van der Waals surface area contributed by atoms with E-state index in [4.69, 9.17) is 0 Å². The van der Waals surface area contributed by atoms with E-state index in [9.17, 15) is 0 Å². The number of halogens is 1. The minimum atomic E-state index is 0. The molecule has 0 aliphatic rings. The van der Waals surface area contributed by atoms with E-state index in [0.29, 0.717) is 0 Å². The van der Waals surface area contributed by atoms with Gasteiger partial charge in [-0.2, -0.15) is 5.10 Å². The first kappa shape index (κ1) is 13.7. The molecule has 0 amide bonds. The van der Waals surface area contributed by atoms with Crippen LogP contribution >= 0.6 is 12.4 Å². The molecule has 0 aliphatic carbocycles. The molecule has 0 bridgehead atoms. The molecule has 4 heteroatoms. The Balaban J connectivity index is 0.00000144. The summed E-state index contributed by atoms with van der Waals surface area (Å²) in [5.74, 6) is 0. The summed E-state index contributed by atoms with van der Waals surface area (Å²) in [6.45, 7) is 4.73. The zero-order valence-electron chi connectivity index (χ0n) is 9.97. The molecule has 92 valence electrons. The van der Waals surface area contributed by atoms with E-state index in [0.717, 1.165) is 25.3 Å². The van der Waals surface area contributed by atoms with Crippen LogP contribution in [-0.2, 0) is 19.6 Å². The molecule has 1 heterocycles. The van der Waals surface area contributed by atoms with Gasteiger partial charge in [-0.15, -0.1) is 12.4 Å². The van der Waals surface area contributed by atoms with E-state index in [1.807, 2.05) is 16.9 Å². The minimum absolute atomic E-state index is 0. The molecule has 0 saturated carbocycles. The second-order valence-corrected chi connectivity index (χ2v) is 3.75. The largest absolute Gasteiger partial charge is 0.307 e. The highest BCUT2D eigenvalue weighted by Gasteiger charge is 1.97. The van der Waals surface area contributed by atoms with Gasteiger partial charge in [0.05, 0.1) is 5.69 Å². The Kier molecular flexibility index (Phi) is 5.73. The van der Waals surface area contributed by atoms with E-state index in [-0.39, 0.29) is 12.4 Å². The van der Waals surface area contributed by atoms with Crippen LogP contribution in [0.2, 0.25) is 0 Å². The van der Waals surface area contributed by atoms with Crippen molar-refractivity contribution in [3.8, 4) is 0 Å². The minimum Gasteiger partial charge on any atom is -0.307 e. The summed E-state index contributed by atoms with van der Waals surface area (Å²) in [4.78, 5) is 0. The van der Waals surface area contributed by atoms with Crippen LogP contribution in [0.5, 0.6) is 0 Å². The van der Waals surface area contributed by atoms with Gasteiger partial charge in [-0.1, -0.05) is 30.3 Å². The second kappa shape index (κ2) is 7.09. The second-order valence-electron chi connectivity index (χ2n) is 3.75. The molecule has 0 saturated heterocycles. The van der Waals surface area contributed by atoms with Gasteiger partial charge in [0.2, 0.25) is 0 Å². The molecule has 1 aromatic heterocycles. The molecule has 17 heavy (non-hydrogen) atoms. The van der Waals surface area contributed by atoms with Crippen LogP contribution in [0.3, 0.4) is 0 Å². The molecule has 2 aromatic rings. The molecular weight excluding hydrogens is 234 g/mol. The van der Waals surface area contributed by atoms with E-state index in [1.165, 1.54) is 5.56 Å². The monoisotopic (exact) mass is 251 g/mol. The number of benzene rings is 1. The van der Waals surface area contributed by atoms with Crippen molar-refractivity contribution < 1.29 is 0 Å². The van der Waals surface area contributed by atoms with Gasteiger partial charge in [0.25, 0.3) is 0 Å². The first-order valence-electron chi connectivity index (χ1n) is 5.65. The molecule has 1 aromatic carbocycles. The Labute approximate surface area is 108 Å². The average molecular weight is 252 g/mol. The first-order chi connectivity index (χ1) is 7.88. The van der Waals surface area contributed by atoms with Gasteiger partial charge in [0, 0.05) is 25.8 Å². The number of hydrogen-bond donors (Lipinski definition) is 1. The van der Waals surface area contributed by atoms with Crippen molar-refractivity contribution in [1.29, 1.82) is 0 Å². The quantitative estimate of drug-likeness (QED) is 0.885. The van der Waals surface area contributed by atoms with Crippen molar-refractivity contribution in [3.05, 3.63) is 53.9 Å². The Morgan fingerprint density at radius 1 is 1.12 bits per heavy atom. The molecule has 0 unspecified atom stereocenters. The highest BCUT2D eigenvalue weighted by molar-refractivity contribution is 5.85. The van der Waals surface area contributed by atoms with E-state index < -0.39 is 0 Å². The lowest BCUT2D eigenvalue weighted by Crippen LogP contribution is -2.13. The van der Waals surface area contributed by atoms with Crippen LogP contribution in [0.4, 0.5) is 0 Å². The standard InChI is InChI=1S/C13H17N3.ClH/c1-2-16-9-8-13(15-16)11-14-10-12-6-4-3-5-7-12;/h3-9,14H,2,10-11H2,1H3;1H. The topological polar surface area (TPSA) is 29.9 Å². The zero-order valence-corrected chi connectivity index (χ0v) is 10.8. The van der Waals surface area contributed by atoms with Crippen molar-refractivity contribution in [2.24, 2.45) is 0 Å². The molecule has 2 rings (SSSR count). The lowest BCUT2D eigenvalue weighted by atomic mass is 10.2. The summed E-state index contributed by atoms with van der Waals surface area (Å²) < 4.78 is 1.94. The zero-order chi connectivity index (χ0) is 11.2. The smallest absolute Gasteiger partial charge is 0.0762 e. The van der Waals surface area contributed by atoms with Crippen molar-refractivity contribution in [1.82, 2.24) is 15.1 Å². The van der Waals surface area contributed by atoms with Crippen LogP contribution in [0.1, 0.15) is 18.2 Å². The predicted octanol–water partition coefficient (Wildman–Crippen LogP) is 2.61. The van der Waals surface area contributed by atoms with Gasteiger partial charge in [0.1, 0.15) is 0 Å². The fourth-order valence-electron chi connectivity index (χ4n) is 1.60. The van der Waals surface area contributed by atoms with Crippen molar-refractivity contribution in [3.63, 3.8) is 0 Å². The summed E-state index contributed by atoms with van der Waals surface area (Å²) in [7, 11) is 0. The maximum absolute atomic E-state index is 4.41. The van der Waals surface area contributed by atoms with Gasteiger partial charge >= 0.3 is 0 Å². The van der Waals surface area contributed by atoms with Gasteiger partial charge in [-0.05, 0) is 18.6 Å². The molecule has 3 nitrogen and oxygen atoms in total. The van der Waals surface area contributed by atoms with Crippen LogP contribution in [0, 0.1) is 0 Å². The number of aryl methyl sites for hydroxylation is 1. The summed E-state index contributed by atoms with van der Waals surface area (Å²) in [5.41, 5.74) is 2.40. The number of aromatic nitrogens is 2. The Bertz CT molecular complexity index is 425. The van der Waals surface area contributed by atoms with E-state index in [1.54, 1.807) is 0 Å². The first-order valence-corrected chi connectivity index (χ1v) is 5.65. The molecule has 0 radical (unpaired) electrons. The molecule has 0 fully saturated rings. The SMILES string of the molecule is CCn1ccc(CNCc2ccccc2)n1.Cl. The van der Waals surface area contributed by atoms with Crippen LogP contribution in [0.15, 0.2) is 42.6 Å². The van der Waals surface area contributed by atoms with Crippen LogP contribution < -0.4 is 5.32 Å². The number of rotatable bonds is 5. The predicted molar refractivity (Wildman–Crippen MR) is 72.1 cm³/mol. The van der Waals surface area contributed by atoms with Crippen molar-refractivity contribution in [2.45, 2.75) is 26.6 Å². The van der Waals surface area contributed by atoms with Crippen molar-refractivity contribution in [2.75, 3.05) is 0 Å². The lowest BCUT2D eigenvalue weighted by molar-refractivity contribution is 0.620. The van der Waals surface area contributed by atoms with E-state index >= 15 is 0 Å². The van der Waals surface area contributed by atoms with Gasteiger partial charge in [-0.3, -0.25) is 4.68 Å². The lowest BCUT2D eigenvalue weighted by Gasteiger charge is -2.02. The summed E-state index contributed by atoms with van der Waals surface area (Å²) in [5, 5.41) is 7.79. The fourth-order valence-corrected chi connectivity index (χ4v) is 1.60. The van der Waals surface area contributed by atoms with Gasteiger partial charge in [0.15, 0.2) is 0 Å². The third-order valence-corrected chi connectivity index (χ3v) is 2.50. The third-order valence-electron chi connectivity index (χ3n) is 2.50. The number of nitrogens with zero attached hydrogens (tertiary/aromatic N) is 2. The number of nitrogens with one attached hydrogen (secondary N) is 1. The summed E-state index contributed by atoms with van der Waals surface area (Å²) in [6.07, 6.45) is 2.01. The van der Waals surface area contributed by atoms with Crippen LogP contribution in [0.25, 0.3) is 0 Å². The normalized spacial score (nSPS) is 9.94. The maximum atomic E-state index is 4.41. The maximum Gasteiger partial charge on any atom is 0.0762 e. The molecule has 0 spiro atoms. The fraction of sp³-hybridized carbons (Fsp3) is 0.308. The Hall–Kier alpha value is -1.32. The Morgan fingerprint density at radius 2 is 1.88 bits per heavy atom. The highest BCUT2D eigenvalue weighted by atomic mass is 35.5. The van der Waals surface area contributed by atoms with Crippen LogP contribution in [-0.4, -0.2) is 9.78 Å². The highest BCUT2D eigenvalue weighted by Crippen LogP contribution is 1.99. The third kappa shape index (κ3) is 4.21. The molecule has 1 N–H and O–H groups in total. The Morgan fingerprint density at radius 3 is 2.53 bits per heavy atom. The molecular formula is C13H18ClN3. The summed E-state index contributed by atoms with van der Waals surface area (Å²) >= 11 is 0. The van der Waals surface area contributed by atoms with Gasteiger partial charge in [-0.25, -0.2) is 0 Å². The van der Waals surface area contributed by atoms with Crippen molar-refractivity contribution >= 4 is 12.4 Å². The van der Waals surface area contributed by atoms with E-state index in [2.05, 4.69) is 47.7 Å². The molecule has 0 atom stereocenters. The number of hydrogen-bond acceptors (Lipinski definition) is 2. The van der Waals surface area contributed by atoms with Gasteiger partial charge < -0.3 is 5.32 Å². The molecule has 0 aliphatic heterocycles. The average Bonchev–Trinajstić information content (AvgIpc) is 2.78. The summed E-state index contributed by atoms with van der Waals surface area (Å²) in [6, 6.07) is 12.5.